The van der Waals surface area contributed by atoms with Gasteiger partial charge in [0.15, 0.2) is 0 Å². The van der Waals surface area contributed by atoms with Crippen LogP contribution in [-0.2, 0) is 6.42 Å². The van der Waals surface area contributed by atoms with Crippen LogP contribution in [0.15, 0.2) is 72.8 Å². The Morgan fingerprint density at radius 3 is 2.58 bits per heavy atom. The fourth-order valence-electron chi connectivity index (χ4n) is 4.69. The maximum atomic E-state index is 13.6. The highest BCUT2D eigenvalue weighted by Crippen LogP contribution is 2.44. The molecule has 7 nitrogen and oxygen atoms in total. The number of aromatic amines is 1. The lowest BCUT2D eigenvalue weighted by atomic mass is 9.95. The second-order valence-electron chi connectivity index (χ2n) is 8.80. The molecule has 0 radical (unpaired) electrons. The minimum Gasteiger partial charge on any atom is -0.507 e. The molecule has 7 heteroatoms. The van der Waals surface area contributed by atoms with Crippen molar-refractivity contribution in [3.63, 3.8) is 0 Å². The van der Waals surface area contributed by atoms with E-state index in [-0.39, 0.29) is 17.7 Å². The van der Waals surface area contributed by atoms with E-state index in [1.807, 2.05) is 65.6 Å². The molecule has 0 saturated carbocycles. The van der Waals surface area contributed by atoms with Crippen LogP contribution in [-0.4, -0.2) is 46.4 Å². The molecule has 1 aliphatic rings. The molecule has 1 aliphatic heterocycles. The van der Waals surface area contributed by atoms with Crippen LogP contribution < -0.4 is 9.47 Å². The lowest BCUT2D eigenvalue weighted by molar-refractivity contribution is 0.0745. The third kappa shape index (κ3) is 4.40. The van der Waals surface area contributed by atoms with Crippen molar-refractivity contribution >= 4 is 5.91 Å². The van der Waals surface area contributed by atoms with Gasteiger partial charge in [-0.15, -0.1) is 0 Å². The Morgan fingerprint density at radius 1 is 1.03 bits per heavy atom. The van der Waals surface area contributed by atoms with E-state index in [2.05, 4.69) is 17.1 Å². The Hall–Kier alpha value is -4.26. The van der Waals surface area contributed by atoms with Gasteiger partial charge in [-0.25, -0.2) is 0 Å². The molecule has 1 atom stereocenters. The molecule has 4 aromatic rings. The number of benzene rings is 3. The molecule has 1 amide bonds. The van der Waals surface area contributed by atoms with E-state index in [9.17, 15) is 9.90 Å². The summed E-state index contributed by atoms with van der Waals surface area (Å²) in [5.74, 6) is 1.57. The summed E-state index contributed by atoms with van der Waals surface area (Å²) >= 11 is 0. The number of phenols is 1. The van der Waals surface area contributed by atoms with E-state index in [0.717, 1.165) is 34.6 Å². The van der Waals surface area contributed by atoms with Crippen LogP contribution in [0.25, 0.3) is 11.3 Å². The van der Waals surface area contributed by atoms with Crippen molar-refractivity contribution in [1.29, 1.82) is 0 Å². The first kappa shape index (κ1) is 23.5. The average Bonchev–Trinajstić information content (AvgIpc) is 3.45. The number of methoxy groups -OCH3 is 1. The molecule has 2 N–H and O–H groups in total. The van der Waals surface area contributed by atoms with Gasteiger partial charge in [-0.2, -0.15) is 5.10 Å². The molecule has 36 heavy (non-hydrogen) atoms. The number of H-pyrrole nitrogens is 1. The van der Waals surface area contributed by atoms with Gasteiger partial charge in [0, 0.05) is 17.7 Å². The van der Waals surface area contributed by atoms with Gasteiger partial charge in [0.2, 0.25) is 0 Å². The van der Waals surface area contributed by atoms with Crippen LogP contribution in [0.4, 0.5) is 0 Å². The molecule has 0 aliphatic carbocycles. The van der Waals surface area contributed by atoms with Gasteiger partial charge in [-0.1, -0.05) is 43.3 Å². The van der Waals surface area contributed by atoms with E-state index in [1.54, 1.807) is 19.2 Å². The lowest BCUT2D eigenvalue weighted by Gasteiger charge is -2.27. The van der Waals surface area contributed by atoms with E-state index >= 15 is 0 Å². The quantitative estimate of drug-likeness (QED) is 0.334. The molecule has 0 fully saturated rings. The van der Waals surface area contributed by atoms with Crippen LogP contribution >= 0.6 is 0 Å². The van der Waals surface area contributed by atoms with Gasteiger partial charge >= 0.3 is 0 Å². The normalized spacial score (nSPS) is 14.7. The zero-order valence-electron chi connectivity index (χ0n) is 20.4. The standard InChI is InChI=1S/C29H29N3O4/c1-3-17-36-22-8-6-7-20(18-22)28-25-26(23-9-4-5-10-24(23)33)30-31-27(25)29(34)32(28)16-15-19-11-13-21(35-2)14-12-19/h4-14,18,28,33H,3,15-17H2,1-2H3,(H,30,31). The molecular weight excluding hydrogens is 454 g/mol. The third-order valence-corrected chi connectivity index (χ3v) is 6.47. The first-order valence-electron chi connectivity index (χ1n) is 12.1. The number of phenolic OH excluding ortho intramolecular Hbond substituents is 1. The molecule has 1 aromatic heterocycles. The highest BCUT2D eigenvalue weighted by atomic mass is 16.5. The highest BCUT2D eigenvalue weighted by Gasteiger charge is 2.42. The molecule has 0 spiro atoms. The molecule has 0 bridgehead atoms. The smallest absolute Gasteiger partial charge is 0.273 e. The van der Waals surface area contributed by atoms with Crippen molar-refractivity contribution in [3.8, 4) is 28.5 Å². The maximum absolute atomic E-state index is 13.6. The average molecular weight is 484 g/mol. The molecule has 0 saturated heterocycles. The highest BCUT2D eigenvalue weighted by molar-refractivity contribution is 6.00. The summed E-state index contributed by atoms with van der Waals surface area (Å²) in [5.41, 5.74) is 4.42. The predicted molar refractivity (Wildman–Crippen MR) is 137 cm³/mol. The summed E-state index contributed by atoms with van der Waals surface area (Å²) in [4.78, 5) is 15.5. The molecule has 5 rings (SSSR count). The van der Waals surface area contributed by atoms with Crippen LogP contribution in [0.2, 0.25) is 0 Å². The number of rotatable bonds is 9. The van der Waals surface area contributed by atoms with Gasteiger partial charge in [0.25, 0.3) is 5.91 Å². The monoisotopic (exact) mass is 483 g/mol. The third-order valence-electron chi connectivity index (χ3n) is 6.47. The number of para-hydroxylation sites is 1. The maximum Gasteiger partial charge on any atom is 0.273 e. The second kappa shape index (κ2) is 10.2. The minimum absolute atomic E-state index is 0.113. The van der Waals surface area contributed by atoms with Crippen LogP contribution in [0, 0.1) is 0 Å². The minimum atomic E-state index is -0.371. The van der Waals surface area contributed by atoms with Crippen molar-refractivity contribution < 1.29 is 19.4 Å². The number of carbonyl (C=O) groups excluding carboxylic acids is 1. The van der Waals surface area contributed by atoms with Gasteiger partial charge in [0.1, 0.15) is 28.6 Å². The van der Waals surface area contributed by atoms with Crippen molar-refractivity contribution in [1.82, 2.24) is 15.1 Å². The summed E-state index contributed by atoms with van der Waals surface area (Å²) < 4.78 is 11.2. The van der Waals surface area contributed by atoms with E-state index < -0.39 is 0 Å². The number of nitrogens with one attached hydrogen (secondary N) is 1. The van der Waals surface area contributed by atoms with Crippen molar-refractivity contribution in [3.05, 3.63) is 95.2 Å². The SMILES string of the molecule is CCCOc1cccc(C2c3c(-c4ccccc4O)n[nH]c3C(=O)N2CCc2ccc(OC)cc2)c1. The van der Waals surface area contributed by atoms with Crippen LogP contribution in [0.1, 0.15) is 46.6 Å². The number of fused-ring (bicyclic) bond motifs is 1. The summed E-state index contributed by atoms with van der Waals surface area (Å²) in [6.07, 6.45) is 1.59. The van der Waals surface area contributed by atoms with Crippen molar-refractivity contribution in [2.24, 2.45) is 0 Å². The fraction of sp³-hybridized carbons (Fsp3) is 0.241. The first-order valence-corrected chi connectivity index (χ1v) is 12.1. The predicted octanol–water partition coefficient (Wildman–Crippen LogP) is 5.37. The largest absolute Gasteiger partial charge is 0.507 e. The second-order valence-corrected chi connectivity index (χ2v) is 8.80. The van der Waals surface area contributed by atoms with E-state index in [1.165, 1.54) is 0 Å². The number of amides is 1. The van der Waals surface area contributed by atoms with Gasteiger partial charge < -0.3 is 19.5 Å². The summed E-state index contributed by atoms with van der Waals surface area (Å²) in [5, 5.41) is 18.0. The Bertz CT molecular complexity index is 1360. The number of ether oxygens (including phenoxy) is 2. The Balaban J connectivity index is 1.54. The summed E-state index contributed by atoms with van der Waals surface area (Å²) in [7, 11) is 1.64. The van der Waals surface area contributed by atoms with Gasteiger partial charge in [-0.3, -0.25) is 9.89 Å². The molecule has 184 valence electrons. The number of hydrogen-bond donors (Lipinski definition) is 2. The number of hydrogen-bond acceptors (Lipinski definition) is 5. The first-order chi connectivity index (χ1) is 17.6. The van der Waals surface area contributed by atoms with E-state index in [0.29, 0.717) is 36.5 Å². The summed E-state index contributed by atoms with van der Waals surface area (Å²) in [6, 6.07) is 22.4. The Kier molecular flexibility index (Phi) is 6.62. The number of nitrogens with zero attached hydrogens (tertiary/aromatic N) is 2. The van der Waals surface area contributed by atoms with Gasteiger partial charge in [0.05, 0.1) is 19.8 Å². The topological polar surface area (TPSA) is 87.7 Å². The van der Waals surface area contributed by atoms with Crippen molar-refractivity contribution in [2.45, 2.75) is 25.8 Å². The number of carbonyl (C=O) groups is 1. The van der Waals surface area contributed by atoms with Crippen LogP contribution in [0.5, 0.6) is 17.2 Å². The fourth-order valence-corrected chi connectivity index (χ4v) is 4.69. The van der Waals surface area contributed by atoms with Crippen LogP contribution in [0.3, 0.4) is 0 Å². The number of aromatic nitrogens is 2. The summed E-state index contributed by atoms with van der Waals surface area (Å²) in [6.45, 7) is 3.20. The molecule has 1 unspecified atom stereocenters. The number of aromatic hydroxyl groups is 1. The Morgan fingerprint density at radius 2 is 1.83 bits per heavy atom. The van der Waals surface area contributed by atoms with E-state index in [4.69, 9.17) is 9.47 Å². The Labute approximate surface area is 210 Å². The molecular formula is C29H29N3O4. The zero-order valence-corrected chi connectivity index (χ0v) is 20.4. The molecule has 2 heterocycles. The molecule has 3 aromatic carbocycles. The van der Waals surface area contributed by atoms with Gasteiger partial charge in [-0.05, 0) is 60.4 Å². The van der Waals surface area contributed by atoms with Crippen molar-refractivity contribution in [2.75, 3.05) is 20.3 Å². The lowest BCUT2D eigenvalue weighted by Crippen LogP contribution is -2.31. The zero-order chi connectivity index (χ0) is 25.1.